The topological polar surface area (TPSA) is 118 Å². The molecular weight excluding hydrogens is 684 g/mol. The van der Waals surface area contributed by atoms with Gasteiger partial charge < -0.3 is 0 Å². The van der Waals surface area contributed by atoms with Gasteiger partial charge in [0, 0.05) is 24.8 Å². The molecule has 0 saturated carbocycles. The predicted octanol–water partition coefficient (Wildman–Crippen LogP) is 7.67. The van der Waals surface area contributed by atoms with Gasteiger partial charge in [0.05, 0.1) is 40.4 Å². The molecule has 0 amide bonds. The first kappa shape index (κ1) is 41.3. The van der Waals surface area contributed by atoms with Crippen LogP contribution in [0, 0.1) is 46.7 Å². The number of nitriles is 2. The molecule has 0 atom stereocenters. The van der Waals surface area contributed by atoms with E-state index in [-0.39, 0.29) is 15.6 Å². The van der Waals surface area contributed by atoms with Gasteiger partial charge in [0.25, 0.3) is 0 Å². The van der Waals surface area contributed by atoms with Crippen molar-refractivity contribution in [3.05, 3.63) is 85.5 Å². The second-order valence-corrected chi connectivity index (χ2v) is 20.3. The van der Waals surface area contributed by atoms with Crippen LogP contribution < -0.4 is 10.4 Å². The Hall–Kier alpha value is -3.87. The Morgan fingerprint density at radius 1 is 0.531 bits per heavy atom. The second-order valence-electron chi connectivity index (χ2n) is 13.7. The van der Waals surface area contributed by atoms with Gasteiger partial charge in [-0.05, 0) is 70.4 Å². The predicted molar refractivity (Wildman–Crippen MR) is 200 cm³/mol. The van der Waals surface area contributed by atoms with Crippen molar-refractivity contribution in [2.24, 2.45) is 23.7 Å². The molecule has 0 N–H and O–H groups in total. The standard InChI is InChI=1S/2C18H26N2Si.2CHNO.Fe/c2*1-14(2)12-21(13-15(3)4)16-8-9-18(20-11-16)17-7-5-6-10-19-17;2*2-1-3;/h2*5-11,14-15,21H,12-13H2,1-4H3;2*3H;/q;;;;+2/p-2. The Bertz CT molecular complexity index is 1390. The van der Waals surface area contributed by atoms with Gasteiger partial charge in [-0.3, -0.25) is 19.9 Å². The molecule has 4 heterocycles. The summed E-state index contributed by atoms with van der Waals surface area (Å²) in [5.41, 5.74) is 3.85. The molecule has 4 aromatic heterocycles. The molecule has 0 spiro atoms. The van der Waals surface area contributed by atoms with Crippen molar-refractivity contribution in [2.75, 3.05) is 0 Å². The molecule has 0 radical (unpaired) electrons. The van der Waals surface area contributed by atoms with Crippen molar-refractivity contribution in [3.63, 3.8) is 0 Å². The van der Waals surface area contributed by atoms with Crippen LogP contribution in [0.25, 0.3) is 22.8 Å². The monoisotopic (exact) mass is 736 g/mol. The third kappa shape index (κ3) is 16.9. The fourth-order valence-electron chi connectivity index (χ4n) is 5.68. The number of pyridine rings is 4. The molecule has 0 saturated heterocycles. The summed E-state index contributed by atoms with van der Waals surface area (Å²) in [5, 5.41) is 18.3. The van der Waals surface area contributed by atoms with E-state index in [1.165, 1.54) is 47.1 Å². The van der Waals surface area contributed by atoms with E-state index in [0.717, 1.165) is 46.4 Å². The summed E-state index contributed by atoms with van der Waals surface area (Å²) in [6, 6.07) is 26.2. The molecule has 0 aliphatic heterocycles. The maximum atomic E-state index is 7.63. The van der Waals surface area contributed by atoms with Crippen LogP contribution in [0.15, 0.2) is 85.5 Å². The minimum absolute atomic E-state index is 0.285. The van der Waals surface area contributed by atoms with E-state index in [9.17, 15) is 0 Å². The molecule has 4 aromatic rings. The molecule has 0 bridgehead atoms. The van der Waals surface area contributed by atoms with E-state index in [1.54, 1.807) is 0 Å². The molecule has 0 aromatic carbocycles. The van der Waals surface area contributed by atoms with E-state index in [4.69, 9.17) is 10.5 Å². The van der Waals surface area contributed by atoms with Crippen LogP contribution in [0.5, 0.6) is 0 Å². The van der Waals surface area contributed by atoms with Gasteiger partial charge in [0.15, 0.2) is 0 Å². The molecule has 0 unspecified atom stereocenters. The third-order valence-corrected chi connectivity index (χ3v) is 16.5. The Kier molecular flexibility index (Phi) is 19.8. The Morgan fingerprint density at radius 3 is 1.12 bits per heavy atom. The average Bonchev–Trinajstić information content (AvgIpc) is 3.09. The summed E-state index contributed by atoms with van der Waals surface area (Å²) in [7, 11) is -1.81. The normalized spacial score (nSPS) is 10.8. The van der Waals surface area contributed by atoms with E-state index in [1.807, 2.05) is 48.8 Å². The van der Waals surface area contributed by atoms with Gasteiger partial charge in [-0.1, -0.05) is 104 Å². The molecule has 49 heavy (non-hydrogen) atoms. The fourth-order valence-corrected chi connectivity index (χ4v) is 13.1. The molecule has 8 nitrogen and oxygen atoms in total. The molecule has 0 aliphatic rings. The van der Waals surface area contributed by atoms with E-state index >= 15 is 0 Å². The number of hydrogen-bond donors (Lipinski definition) is 0. The first-order valence-corrected chi connectivity index (χ1v) is 22.3. The average molecular weight is 737 g/mol. The first-order valence-electron chi connectivity index (χ1n) is 17.0. The maximum absolute atomic E-state index is 7.63. The summed E-state index contributed by atoms with van der Waals surface area (Å²) < 4.78 is 7.87. The summed E-state index contributed by atoms with van der Waals surface area (Å²) in [6.07, 6.45) is 10.5. The van der Waals surface area contributed by atoms with E-state index in [0.29, 0.717) is 0 Å². The van der Waals surface area contributed by atoms with Gasteiger partial charge in [-0.15, -0.1) is 0 Å². The van der Waals surface area contributed by atoms with Gasteiger partial charge >= 0.3 is 46.3 Å². The summed E-state index contributed by atoms with van der Waals surface area (Å²) in [5.74, 6) is 3.10. The van der Waals surface area contributed by atoms with Crippen LogP contribution >= 0.6 is 0 Å². The second kappa shape index (κ2) is 23.5. The van der Waals surface area contributed by atoms with Gasteiger partial charge in [-0.25, -0.2) is 0 Å². The van der Waals surface area contributed by atoms with Crippen molar-refractivity contribution in [2.45, 2.75) is 79.6 Å². The van der Waals surface area contributed by atoms with Crippen molar-refractivity contribution in [1.82, 2.24) is 19.9 Å². The Morgan fingerprint density at radius 2 is 0.878 bits per heavy atom. The minimum atomic E-state index is -0.905. The molecule has 262 valence electrons. The van der Waals surface area contributed by atoms with Crippen molar-refractivity contribution in [3.8, 4) is 35.3 Å². The Labute approximate surface area is 304 Å². The van der Waals surface area contributed by atoms with Crippen molar-refractivity contribution < 1.29 is 23.3 Å². The summed E-state index contributed by atoms with van der Waals surface area (Å²) in [6.45, 7) is 18.6. The SMILES string of the molecule is CC(C)C[SiH](CC(C)C)c1ccc(-c2ccccn2)nc1.CC(C)C[SiH](CC(C)C)c1ccc(-c2ccccn2)nc1.N#C[O][Fe][O]C#N. The number of rotatable bonds is 14. The first-order chi connectivity index (χ1) is 23.5. The molecule has 4 rings (SSSR count). The van der Waals surface area contributed by atoms with Crippen LogP contribution in [-0.2, 0) is 23.3 Å². The summed E-state index contributed by atoms with van der Waals surface area (Å²) >= 11 is -0.285. The fraction of sp³-hybridized carbons (Fsp3) is 0.421. The van der Waals surface area contributed by atoms with Crippen LogP contribution in [0.4, 0.5) is 0 Å². The zero-order valence-corrected chi connectivity index (χ0v) is 33.6. The van der Waals surface area contributed by atoms with Crippen molar-refractivity contribution >= 4 is 28.0 Å². The number of hydrogen-bond acceptors (Lipinski definition) is 8. The number of aromatic nitrogens is 4. The van der Waals surface area contributed by atoms with Crippen LogP contribution in [0.1, 0.15) is 55.4 Å². The Balaban J connectivity index is 0.000000286. The number of nitrogens with zero attached hydrogens (tertiary/aromatic N) is 6. The van der Waals surface area contributed by atoms with Gasteiger partial charge in [-0.2, -0.15) is 0 Å². The molecular formula is C38H52FeN6O2Si2. The van der Waals surface area contributed by atoms with Gasteiger partial charge in [0.2, 0.25) is 0 Å². The summed E-state index contributed by atoms with van der Waals surface area (Å²) in [4.78, 5) is 18.1. The molecule has 0 fully saturated rings. The molecule has 11 heteroatoms. The van der Waals surface area contributed by atoms with Crippen LogP contribution in [-0.4, -0.2) is 37.5 Å². The van der Waals surface area contributed by atoms with Crippen molar-refractivity contribution in [1.29, 1.82) is 10.5 Å². The van der Waals surface area contributed by atoms with Crippen LogP contribution in [0.3, 0.4) is 0 Å². The van der Waals surface area contributed by atoms with Gasteiger partial charge in [0.1, 0.15) is 0 Å². The van der Waals surface area contributed by atoms with E-state index < -0.39 is 17.6 Å². The quantitative estimate of drug-likeness (QED) is 0.0736. The molecule has 0 aliphatic carbocycles. The van der Waals surface area contributed by atoms with E-state index in [2.05, 4.69) is 120 Å². The zero-order valence-electron chi connectivity index (χ0n) is 30.2. The zero-order chi connectivity index (χ0) is 36.0. The van der Waals surface area contributed by atoms with Crippen LogP contribution in [0.2, 0.25) is 24.2 Å². The third-order valence-electron chi connectivity index (χ3n) is 7.52.